The minimum absolute atomic E-state index is 0. The van der Waals surface area contributed by atoms with Crippen molar-refractivity contribution in [3.05, 3.63) is 126 Å². The van der Waals surface area contributed by atoms with Gasteiger partial charge in [-0.1, -0.05) is 67.2 Å². The lowest BCUT2D eigenvalue weighted by atomic mass is 10.0. The number of carbonyl (C=O) groups is 1. The van der Waals surface area contributed by atoms with Crippen LogP contribution in [-0.2, 0) is 0 Å². The topological polar surface area (TPSA) is 103 Å². The largest absolute Gasteiger partial charge is 0.497 e. The summed E-state index contributed by atoms with van der Waals surface area (Å²) >= 11 is 0. The molecule has 6 aromatic carbocycles. The first-order valence-electron chi connectivity index (χ1n) is 14.8. The van der Waals surface area contributed by atoms with Crippen LogP contribution in [0, 0.1) is 0 Å². The lowest BCUT2D eigenvalue weighted by Gasteiger charge is -2.08. The number of methoxy groups -OCH3 is 3. The Morgan fingerprint density at radius 1 is 0.596 bits per heavy atom. The van der Waals surface area contributed by atoms with E-state index in [9.17, 15) is 4.79 Å². The Morgan fingerprint density at radius 2 is 0.957 bits per heavy atom. The maximum absolute atomic E-state index is 11.2. The Balaban J connectivity index is 0.000000190. The van der Waals surface area contributed by atoms with Gasteiger partial charge in [0.2, 0.25) is 0 Å². The zero-order valence-electron chi connectivity index (χ0n) is 27.1. The molecule has 0 spiro atoms. The first-order chi connectivity index (χ1) is 22.1. The van der Waals surface area contributed by atoms with E-state index in [2.05, 4.69) is 29.4 Å². The van der Waals surface area contributed by atoms with Gasteiger partial charge in [-0.3, -0.25) is 4.79 Å². The standard InChI is InChI=1S/C13H13NO2.C13H15NO.C13H12O2.CH4/c1-9(14-15)10-3-4-12-8-13(16-2)6-5-11(12)7-10;2*1-9(14)10-3-4-12-8-13(15-2)6-5-11(12)7-10;/h3-8,15H,1-2H3;3-9H,14H2,1-2H3;3-8H,1-2H3;1H4/b14-9-;;;. The number of oxime groups is 1. The summed E-state index contributed by atoms with van der Waals surface area (Å²) in [5, 5.41) is 18.6. The number of ketones is 1. The second kappa shape index (κ2) is 16.8. The second-order valence-corrected chi connectivity index (χ2v) is 10.9. The molecule has 0 amide bonds. The number of ether oxygens (including phenoxy) is 3. The van der Waals surface area contributed by atoms with E-state index in [1.807, 2.05) is 91.9 Å². The molecule has 3 N–H and O–H groups in total. The van der Waals surface area contributed by atoms with Gasteiger partial charge in [0.15, 0.2) is 5.78 Å². The van der Waals surface area contributed by atoms with Crippen molar-refractivity contribution < 1.29 is 24.2 Å². The van der Waals surface area contributed by atoms with Crippen molar-refractivity contribution in [3.63, 3.8) is 0 Å². The Hall–Kier alpha value is -5.40. The van der Waals surface area contributed by atoms with Gasteiger partial charge in [-0.05, 0) is 119 Å². The van der Waals surface area contributed by atoms with Crippen LogP contribution in [-0.4, -0.2) is 38.0 Å². The quantitative estimate of drug-likeness (QED) is 0.0820. The highest BCUT2D eigenvalue weighted by atomic mass is 16.5. The molecular weight excluding hydrogens is 588 g/mol. The summed E-state index contributed by atoms with van der Waals surface area (Å²) in [7, 11) is 4.97. The molecule has 1 atom stereocenters. The third-order valence-electron chi connectivity index (χ3n) is 7.67. The second-order valence-electron chi connectivity index (χ2n) is 10.9. The summed E-state index contributed by atoms with van der Waals surface area (Å²) in [5.74, 6) is 2.65. The van der Waals surface area contributed by atoms with Crippen LogP contribution in [0.5, 0.6) is 17.2 Å². The third-order valence-corrected chi connectivity index (χ3v) is 7.67. The van der Waals surface area contributed by atoms with E-state index in [1.165, 1.54) is 10.8 Å². The molecule has 0 heterocycles. The van der Waals surface area contributed by atoms with E-state index < -0.39 is 0 Å². The van der Waals surface area contributed by atoms with Gasteiger partial charge in [-0.15, -0.1) is 0 Å². The number of Topliss-reactive ketones (excluding diaryl/α,β-unsaturated/α-hetero) is 1. The molecule has 0 aromatic heterocycles. The lowest BCUT2D eigenvalue weighted by molar-refractivity contribution is 0.101. The zero-order valence-corrected chi connectivity index (χ0v) is 27.1. The monoisotopic (exact) mass is 632 g/mol. The predicted molar refractivity (Wildman–Crippen MR) is 195 cm³/mol. The minimum Gasteiger partial charge on any atom is -0.497 e. The van der Waals surface area contributed by atoms with Gasteiger partial charge in [0.25, 0.3) is 0 Å². The Kier molecular flexibility index (Phi) is 12.9. The van der Waals surface area contributed by atoms with Gasteiger partial charge >= 0.3 is 0 Å². The maximum Gasteiger partial charge on any atom is 0.159 e. The number of carbonyl (C=O) groups excluding carboxylic acids is 1. The first kappa shape index (κ1) is 36.1. The molecule has 1 unspecified atom stereocenters. The van der Waals surface area contributed by atoms with Gasteiger partial charge in [0.05, 0.1) is 27.0 Å². The summed E-state index contributed by atoms with van der Waals surface area (Å²) in [4.78, 5) is 11.2. The fraction of sp³-hybridized carbons (Fsp3) is 0.200. The molecule has 7 nitrogen and oxygen atoms in total. The zero-order chi connectivity index (χ0) is 33.2. The number of fused-ring (bicyclic) bond motifs is 3. The molecule has 0 bridgehead atoms. The molecule has 6 aromatic rings. The number of rotatable bonds is 6. The molecule has 0 aliphatic heterocycles. The van der Waals surface area contributed by atoms with Crippen LogP contribution in [0.15, 0.2) is 114 Å². The summed E-state index contributed by atoms with van der Waals surface area (Å²) in [6.45, 7) is 5.33. The summed E-state index contributed by atoms with van der Waals surface area (Å²) in [6, 6.07) is 35.7. The van der Waals surface area contributed by atoms with E-state index in [0.29, 0.717) is 5.71 Å². The highest BCUT2D eigenvalue weighted by Crippen LogP contribution is 2.25. The number of nitrogens with two attached hydrogens (primary N) is 1. The lowest BCUT2D eigenvalue weighted by Crippen LogP contribution is -2.04. The van der Waals surface area contributed by atoms with Crippen LogP contribution in [0.2, 0.25) is 0 Å². The van der Waals surface area contributed by atoms with Crippen LogP contribution in [0.3, 0.4) is 0 Å². The number of hydrogen-bond donors (Lipinski definition) is 2. The van der Waals surface area contributed by atoms with Crippen LogP contribution >= 0.6 is 0 Å². The molecule has 6 rings (SSSR count). The van der Waals surface area contributed by atoms with Crippen molar-refractivity contribution in [1.82, 2.24) is 0 Å². The highest BCUT2D eigenvalue weighted by molar-refractivity contribution is 6.02. The van der Waals surface area contributed by atoms with Crippen molar-refractivity contribution in [2.45, 2.75) is 34.2 Å². The number of nitrogens with zero attached hydrogens (tertiary/aromatic N) is 1. The van der Waals surface area contributed by atoms with E-state index in [-0.39, 0.29) is 19.3 Å². The molecule has 0 saturated heterocycles. The van der Waals surface area contributed by atoms with E-state index in [0.717, 1.165) is 55.5 Å². The van der Waals surface area contributed by atoms with Gasteiger partial charge < -0.3 is 25.2 Å². The number of benzene rings is 6. The van der Waals surface area contributed by atoms with Crippen LogP contribution in [0.25, 0.3) is 32.3 Å². The van der Waals surface area contributed by atoms with Crippen molar-refractivity contribution in [2.24, 2.45) is 10.9 Å². The van der Waals surface area contributed by atoms with Crippen molar-refractivity contribution >= 4 is 43.8 Å². The maximum atomic E-state index is 11.2. The molecule has 47 heavy (non-hydrogen) atoms. The first-order valence-corrected chi connectivity index (χ1v) is 14.8. The molecule has 0 aliphatic rings. The average Bonchev–Trinajstić information content (AvgIpc) is 3.10. The fourth-order valence-corrected chi connectivity index (χ4v) is 4.86. The Morgan fingerprint density at radius 3 is 1.36 bits per heavy atom. The van der Waals surface area contributed by atoms with Gasteiger partial charge in [-0.2, -0.15) is 0 Å². The predicted octanol–water partition coefficient (Wildman–Crippen LogP) is 9.60. The van der Waals surface area contributed by atoms with E-state index in [4.69, 9.17) is 25.2 Å². The highest BCUT2D eigenvalue weighted by Gasteiger charge is 2.04. The van der Waals surface area contributed by atoms with Crippen LogP contribution < -0.4 is 19.9 Å². The average molecular weight is 633 g/mol. The van der Waals surface area contributed by atoms with Gasteiger partial charge in [0.1, 0.15) is 17.2 Å². The molecule has 0 saturated carbocycles. The molecular formula is C40H44N2O5. The van der Waals surface area contributed by atoms with Gasteiger partial charge in [0, 0.05) is 11.6 Å². The Labute approximate surface area is 277 Å². The van der Waals surface area contributed by atoms with Crippen LogP contribution in [0.4, 0.5) is 0 Å². The summed E-state index contributed by atoms with van der Waals surface area (Å²) < 4.78 is 15.5. The van der Waals surface area contributed by atoms with Crippen molar-refractivity contribution in [2.75, 3.05) is 21.3 Å². The third kappa shape index (κ3) is 9.31. The number of hydrogen-bond acceptors (Lipinski definition) is 7. The fourth-order valence-electron chi connectivity index (χ4n) is 4.86. The summed E-state index contributed by atoms with van der Waals surface area (Å²) in [6.07, 6.45) is 0. The van der Waals surface area contributed by atoms with Crippen molar-refractivity contribution in [1.29, 1.82) is 0 Å². The summed E-state index contributed by atoms with van der Waals surface area (Å²) in [5.41, 5.74) is 9.27. The van der Waals surface area contributed by atoms with Gasteiger partial charge in [-0.25, -0.2) is 0 Å². The molecule has 0 aliphatic carbocycles. The van der Waals surface area contributed by atoms with E-state index in [1.54, 1.807) is 35.2 Å². The molecule has 0 radical (unpaired) electrons. The van der Waals surface area contributed by atoms with Crippen molar-refractivity contribution in [3.8, 4) is 17.2 Å². The van der Waals surface area contributed by atoms with Crippen LogP contribution in [0.1, 0.15) is 55.7 Å². The molecule has 244 valence electrons. The Bertz CT molecular complexity index is 2000. The normalized spacial score (nSPS) is 11.3. The minimum atomic E-state index is 0. The van der Waals surface area contributed by atoms with E-state index >= 15 is 0 Å². The SMILES string of the molecule is C.COc1ccc2cc(/C(C)=N\O)ccc2c1.COc1ccc2cc(C(C)=O)ccc2c1.COc1ccc2cc(C(C)N)ccc2c1. The molecule has 7 heteroatoms. The molecule has 0 fully saturated rings. The smallest absolute Gasteiger partial charge is 0.159 e.